The number of benzene rings is 2. The Morgan fingerprint density at radius 1 is 1.06 bits per heavy atom. The zero-order valence-corrected chi connectivity index (χ0v) is 13.7. The van der Waals surface area contributed by atoms with Crippen molar-refractivity contribution in [2.75, 3.05) is 5.32 Å². The summed E-state index contributed by atoms with van der Waals surface area (Å²) < 4.78 is 2.15. The molecule has 0 aliphatic carbocycles. The van der Waals surface area contributed by atoms with Crippen LogP contribution in [-0.2, 0) is 6.54 Å². The van der Waals surface area contributed by atoms with Gasteiger partial charge in [-0.15, -0.1) is 0 Å². The van der Waals surface area contributed by atoms with Crippen LogP contribution in [0.2, 0.25) is 5.02 Å². The van der Waals surface area contributed by atoms with Gasteiger partial charge in [-0.3, -0.25) is 0 Å². The molecule has 0 atom stereocenters. The molecule has 4 heteroatoms. The number of nitrogens with one attached hydrogen (secondary N) is 1. The molecule has 0 radical (unpaired) electrons. The van der Waals surface area contributed by atoms with Crippen molar-refractivity contribution in [1.82, 2.24) is 0 Å². The summed E-state index contributed by atoms with van der Waals surface area (Å²) in [7, 11) is 0. The summed E-state index contributed by atoms with van der Waals surface area (Å²) >= 11 is 12.9. The smallest absolute Gasteiger partial charge is 0.0417 e. The van der Waals surface area contributed by atoms with Gasteiger partial charge in [0.15, 0.2) is 0 Å². The number of anilines is 1. The number of halogens is 3. The fraction of sp³-hybridized carbons (Fsp3) is 0.143. The SMILES string of the molecule is Cc1cc(NCc2ccc(Cl)cc2Br)ccc1Br. The summed E-state index contributed by atoms with van der Waals surface area (Å²) in [6.45, 7) is 2.84. The van der Waals surface area contributed by atoms with Crippen molar-refractivity contribution in [3.8, 4) is 0 Å². The third-order valence-corrected chi connectivity index (χ3v) is 4.52. The topological polar surface area (TPSA) is 12.0 Å². The van der Waals surface area contributed by atoms with Crippen LogP contribution in [0.1, 0.15) is 11.1 Å². The van der Waals surface area contributed by atoms with Gasteiger partial charge in [-0.2, -0.15) is 0 Å². The summed E-state index contributed by atoms with van der Waals surface area (Å²) in [6, 6.07) is 12.1. The summed E-state index contributed by atoms with van der Waals surface area (Å²) in [4.78, 5) is 0. The maximum atomic E-state index is 5.92. The highest BCUT2D eigenvalue weighted by Gasteiger charge is 2.02. The van der Waals surface area contributed by atoms with E-state index in [2.05, 4.69) is 62.3 Å². The Balaban J connectivity index is 2.09. The normalized spacial score (nSPS) is 10.4. The molecule has 0 amide bonds. The van der Waals surface area contributed by atoms with Gasteiger partial charge in [0.25, 0.3) is 0 Å². The van der Waals surface area contributed by atoms with Gasteiger partial charge >= 0.3 is 0 Å². The first-order valence-corrected chi connectivity index (χ1v) is 7.46. The van der Waals surface area contributed by atoms with Crippen LogP contribution in [0.15, 0.2) is 45.3 Å². The van der Waals surface area contributed by atoms with Gasteiger partial charge in [-0.05, 0) is 48.4 Å². The Hall–Kier alpha value is -0.510. The second-order valence-corrected chi connectivity index (χ2v) is 6.20. The van der Waals surface area contributed by atoms with E-state index in [9.17, 15) is 0 Å². The molecule has 0 aromatic heterocycles. The fourth-order valence-corrected chi connectivity index (χ4v) is 2.69. The van der Waals surface area contributed by atoms with Gasteiger partial charge < -0.3 is 5.32 Å². The van der Waals surface area contributed by atoms with Crippen molar-refractivity contribution in [3.05, 3.63) is 61.5 Å². The molecule has 0 aliphatic heterocycles. The van der Waals surface area contributed by atoms with E-state index >= 15 is 0 Å². The van der Waals surface area contributed by atoms with E-state index in [4.69, 9.17) is 11.6 Å². The second-order valence-electron chi connectivity index (χ2n) is 4.05. The van der Waals surface area contributed by atoms with Crippen molar-refractivity contribution < 1.29 is 0 Å². The first-order valence-electron chi connectivity index (χ1n) is 5.50. The van der Waals surface area contributed by atoms with E-state index in [0.717, 1.165) is 26.2 Å². The molecule has 0 spiro atoms. The van der Waals surface area contributed by atoms with Crippen LogP contribution in [0.25, 0.3) is 0 Å². The average molecular weight is 390 g/mol. The van der Waals surface area contributed by atoms with E-state index in [1.54, 1.807) is 0 Å². The molecule has 0 unspecified atom stereocenters. The van der Waals surface area contributed by atoms with Gasteiger partial charge in [0.1, 0.15) is 0 Å². The lowest BCUT2D eigenvalue weighted by atomic mass is 10.2. The zero-order valence-electron chi connectivity index (χ0n) is 9.81. The predicted octanol–water partition coefficient (Wildman–Crippen LogP) is 5.79. The molecule has 0 aliphatic rings. The lowest BCUT2D eigenvalue weighted by Gasteiger charge is -2.10. The molecule has 0 fully saturated rings. The number of hydrogen-bond donors (Lipinski definition) is 1. The molecule has 0 saturated carbocycles. The van der Waals surface area contributed by atoms with Crippen LogP contribution in [0.5, 0.6) is 0 Å². The molecule has 2 aromatic rings. The standard InChI is InChI=1S/C14H12Br2ClN/c1-9-6-12(4-5-13(9)15)18-8-10-2-3-11(17)7-14(10)16/h2-7,18H,8H2,1H3. The molecule has 0 heterocycles. The Morgan fingerprint density at radius 3 is 2.50 bits per heavy atom. The van der Waals surface area contributed by atoms with E-state index in [1.807, 2.05) is 18.2 Å². The van der Waals surface area contributed by atoms with Crippen LogP contribution in [0.4, 0.5) is 5.69 Å². The third-order valence-electron chi connectivity index (χ3n) is 2.66. The molecule has 1 nitrogen and oxygen atoms in total. The number of aryl methyl sites for hydroxylation is 1. The van der Waals surface area contributed by atoms with Gasteiger partial charge in [0.05, 0.1) is 0 Å². The first kappa shape index (κ1) is 13.9. The molecular weight excluding hydrogens is 377 g/mol. The monoisotopic (exact) mass is 387 g/mol. The minimum Gasteiger partial charge on any atom is -0.381 e. The Morgan fingerprint density at radius 2 is 1.83 bits per heavy atom. The third kappa shape index (κ3) is 3.50. The second kappa shape index (κ2) is 6.09. The summed E-state index contributed by atoms with van der Waals surface area (Å²) in [5.41, 5.74) is 3.51. The highest BCUT2D eigenvalue weighted by Crippen LogP contribution is 2.24. The van der Waals surface area contributed by atoms with Gasteiger partial charge in [-0.25, -0.2) is 0 Å². The van der Waals surface area contributed by atoms with Gasteiger partial charge in [-0.1, -0.05) is 49.5 Å². The highest BCUT2D eigenvalue weighted by atomic mass is 79.9. The lowest BCUT2D eigenvalue weighted by Crippen LogP contribution is -2.00. The number of hydrogen-bond acceptors (Lipinski definition) is 1. The van der Waals surface area contributed by atoms with E-state index in [-0.39, 0.29) is 0 Å². The maximum Gasteiger partial charge on any atom is 0.0417 e. The molecular formula is C14H12Br2ClN. The predicted molar refractivity (Wildman–Crippen MR) is 85.4 cm³/mol. The molecule has 2 rings (SSSR count). The van der Waals surface area contributed by atoms with E-state index in [1.165, 1.54) is 11.1 Å². The minimum atomic E-state index is 0.741. The molecule has 2 aromatic carbocycles. The van der Waals surface area contributed by atoms with Crippen LogP contribution in [0.3, 0.4) is 0 Å². The summed E-state index contributed by atoms with van der Waals surface area (Å²) in [5, 5.41) is 4.14. The van der Waals surface area contributed by atoms with Crippen molar-refractivity contribution in [2.45, 2.75) is 13.5 Å². The fourth-order valence-electron chi connectivity index (χ4n) is 1.62. The summed E-state index contributed by atoms with van der Waals surface area (Å²) in [6.07, 6.45) is 0. The molecule has 0 saturated heterocycles. The lowest BCUT2D eigenvalue weighted by molar-refractivity contribution is 1.13. The van der Waals surface area contributed by atoms with Crippen LogP contribution in [0, 0.1) is 6.92 Å². The quantitative estimate of drug-likeness (QED) is 0.701. The van der Waals surface area contributed by atoms with Gasteiger partial charge in [0, 0.05) is 26.2 Å². The van der Waals surface area contributed by atoms with E-state index < -0.39 is 0 Å². The van der Waals surface area contributed by atoms with Crippen LogP contribution < -0.4 is 5.32 Å². The van der Waals surface area contributed by atoms with Crippen molar-refractivity contribution in [3.63, 3.8) is 0 Å². The summed E-state index contributed by atoms with van der Waals surface area (Å²) in [5.74, 6) is 0. The molecule has 94 valence electrons. The largest absolute Gasteiger partial charge is 0.381 e. The Bertz CT molecular complexity index is 570. The average Bonchev–Trinajstić information content (AvgIpc) is 2.32. The van der Waals surface area contributed by atoms with Crippen molar-refractivity contribution >= 4 is 49.1 Å². The van der Waals surface area contributed by atoms with Crippen molar-refractivity contribution in [1.29, 1.82) is 0 Å². The first-order chi connectivity index (χ1) is 8.56. The Labute approximate surface area is 129 Å². The van der Waals surface area contributed by atoms with Gasteiger partial charge in [0.2, 0.25) is 0 Å². The number of rotatable bonds is 3. The Kier molecular flexibility index (Phi) is 4.71. The maximum absolute atomic E-state index is 5.92. The molecule has 1 N–H and O–H groups in total. The zero-order chi connectivity index (χ0) is 13.1. The van der Waals surface area contributed by atoms with Crippen LogP contribution in [-0.4, -0.2) is 0 Å². The molecule has 18 heavy (non-hydrogen) atoms. The van der Waals surface area contributed by atoms with Crippen LogP contribution >= 0.6 is 43.5 Å². The minimum absolute atomic E-state index is 0.741. The van der Waals surface area contributed by atoms with Crippen molar-refractivity contribution in [2.24, 2.45) is 0 Å². The highest BCUT2D eigenvalue weighted by molar-refractivity contribution is 9.10. The van der Waals surface area contributed by atoms with E-state index in [0.29, 0.717) is 0 Å². The molecule has 0 bridgehead atoms.